The molecule has 0 saturated carbocycles. The quantitative estimate of drug-likeness (QED) is 0.113. The van der Waals surface area contributed by atoms with E-state index >= 15 is 0 Å². The van der Waals surface area contributed by atoms with Crippen LogP contribution in [-0.4, -0.2) is 8.07 Å². The van der Waals surface area contributed by atoms with Gasteiger partial charge in [0, 0.05) is 73.1 Å². The van der Waals surface area contributed by atoms with Crippen molar-refractivity contribution in [2.24, 2.45) is 0 Å². The first-order valence-corrected chi connectivity index (χ1v) is 25.5. The highest BCUT2D eigenvalue weighted by molar-refractivity contribution is 6.88. The number of rotatable bonds is 8. The van der Waals surface area contributed by atoms with E-state index < -0.39 is 8.07 Å². The maximum absolute atomic E-state index is 7.08. The number of nitrogens with zero attached hydrogens (tertiary/aromatic N) is 2. The lowest BCUT2D eigenvalue weighted by atomic mass is 9.96. The van der Waals surface area contributed by atoms with Crippen LogP contribution in [0.5, 0.6) is 0 Å². The average molecular weight is 841 g/mol. The molecule has 0 fully saturated rings. The zero-order valence-electron chi connectivity index (χ0n) is 35.9. The highest BCUT2D eigenvalue weighted by Gasteiger charge is 2.23. The summed E-state index contributed by atoms with van der Waals surface area (Å²) in [6.45, 7) is 7.18. The van der Waals surface area contributed by atoms with Gasteiger partial charge in [-0.25, -0.2) is 0 Å². The van der Waals surface area contributed by atoms with Gasteiger partial charge in [0.1, 0.15) is 22.3 Å². The Morgan fingerprint density at radius 2 is 0.875 bits per heavy atom. The van der Waals surface area contributed by atoms with Gasteiger partial charge in [0.05, 0.1) is 13.8 Å². The molecule has 0 N–H and O–H groups in total. The molecule has 0 spiro atoms. The number of para-hydroxylation sites is 3. The van der Waals surface area contributed by atoms with Crippen LogP contribution in [0.2, 0.25) is 19.6 Å². The minimum Gasteiger partial charge on any atom is -0.456 e. The Bertz CT molecular complexity index is 3720. The summed E-state index contributed by atoms with van der Waals surface area (Å²) in [6.07, 6.45) is 0. The molecule has 64 heavy (non-hydrogen) atoms. The van der Waals surface area contributed by atoms with E-state index in [-0.39, 0.29) is 0 Å². The van der Waals surface area contributed by atoms with Crippen molar-refractivity contribution in [3.05, 3.63) is 212 Å². The Morgan fingerprint density at radius 3 is 1.62 bits per heavy atom. The van der Waals surface area contributed by atoms with Gasteiger partial charge >= 0.3 is 0 Å². The Hall–Kier alpha value is -7.86. The number of anilines is 6. The van der Waals surface area contributed by atoms with Crippen molar-refractivity contribution in [2.75, 3.05) is 9.80 Å². The normalized spacial score (nSPS) is 12.0. The smallest absolute Gasteiger partial charge is 0.143 e. The zero-order valence-corrected chi connectivity index (χ0v) is 36.9. The first-order chi connectivity index (χ1) is 31.4. The number of fused-ring (bicyclic) bond motifs is 11. The SMILES string of the molecule is C[Si](C)(C)c1ccc(N(c2ccccc2)c2ccc3c(c2)oc2c4ccc(N(c5ccc6c(c5)oc5ccccc56)c5ccccc5-c5ccccc5)cc4c4ccccc4c32)cc1. The zero-order chi connectivity index (χ0) is 42.9. The van der Waals surface area contributed by atoms with Crippen molar-refractivity contribution < 1.29 is 8.83 Å². The van der Waals surface area contributed by atoms with Gasteiger partial charge in [-0.3, -0.25) is 0 Å². The van der Waals surface area contributed by atoms with Gasteiger partial charge in [-0.05, 0) is 101 Å². The highest BCUT2D eigenvalue weighted by Crippen LogP contribution is 2.47. The molecule has 0 aliphatic heterocycles. The molecule has 2 aromatic heterocycles. The number of benzene rings is 10. The lowest BCUT2D eigenvalue weighted by Crippen LogP contribution is -2.37. The molecule has 0 atom stereocenters. The van der Waals surface area contributed by atoms with E-state index in [0.29, 0.717) is 0 Å². The fraction of sp³-hybridized carbons (Fsp3) is 0.0508. The first kappa shape index (κ1) is 37.9. The van der Waals surface area contributed by atoms with Crippen LogP contribution in [0.3, 0.4) is 0 Å². The average Bonchev–Trinajstić information content (AvgIpc) is 3.91. The van der Waals surface area contributed by atoms with Crippen molar-refractivity contribution in [1.29, 1.82) is 0 Å². The molecular weight excluding hydrogens is 797 g/mol. The van der Waals surface area contributed by atoms with Crippen LogP contribution in [0, 0.1) is 0 Å². The van der Waals surface area contributed by atoms with E-state index in [4.69, 9.17) is 8.83 Å². The van der Waals surface area contributed by atoms with Crippen LogP contribution < -0.4 is 15.0 Å². The third-order valence-electron chi connectivity index (χ3n) is 12.8. The lowest BCUT2D eigenvalue weighted by Gasteiger charge is -2.28. The molecule has 12 rings (SSSR count). The lowest BCUT2D eigenvalue weighted by molar-refractivity contribution is 0.669. The molecule has 0 saturated heterocycles. The van der Waals surface area contributed by atoms with Gasteiger partial charge < -0.3 is 18.6 Å². The Kier molecular flexibility index (Phi) is 8.82. The van der Waals surface area contributed by atoms with Gasteiger partial charge in [0.2, 0.25) is 0 Å². The second kappa shape index (κ2) is 14.9. The van der Waals surface area contributed by atoms with Crippen molar-refractivity contribution >= 4 is 113 Å². The van der Waals surface area contributed by atoms with E-state index in [9.17, 15) is 0 Å². The number of furan rings is 2. The van der Waals surface area contributed by atoms with E-state index in [0.717, 1.165) is 105 Å². The monoisotopic (exact) mass is 840 g/mol. The molecule has 12 aromatic rings. The first-order valence-electron chi connectivity index (χ1n) is 22.0. The number of hydrogen-bond donors (Lipinski definition) is 0. The molecular formula is C59H44N2O2Si. The molecule has 0 aliphatic rings. The Morgan fingerprint density at radius 1 is 0.344 bits per heavy atom. The van der Waals surface area contributed by atoms with Crippen molar-refractivity contribution in [3.63, 3.8) is 0 Å². The van der Waals surface area contributed by atoms with Gasteiger partial charge in [-0.1, -0.05) is 146 Å². The molecule has 0 bridgehead atoms. The van der Waals surface area contributed by atoms with E-state index in [1.807, 2.05) is 12.1 Å². The molecule has 5 heteroatoms. The van der Waals surface area contributed by atoms with Crippen LogP contribution in [0.4, 0.5) is 34.1 Å². The minimum atomic E-state index is -1.47. The third-order valence-corrected chi connectivity index (χ3v) is 14.8. The minimum absolute atomic E-state index is 0.852. The van der Waals surface area contributed by atoms with E-state index in [2.05, 4.69) is 230 Å². The van der Waals surface area contributed by atoms with Crippen LogP contribution in [-0.2, 0) is 0 Å². The second-order valence-electron chi connectivity index (χ2n) is 17.7. The predicted octanol–water partition coefficient (Wildman–Crippen LogP) is 16.9. The van der Waals surface area contributed by atoms with Gasteiger partial charge in [0.25, 0.3) is 0 Å². The Labute approximate surface area is 372 Å². The molecule has 0 unspecified atom stereocenters. The summed E-state index contributed by atoms with van der Waals surface area (Å²) in [4.78, 5) is 4.69. The maximum Gasteiger partial charge on any atom is 0.143 e. The van der Waals surface area contributed by atoms with E-state index in [1.165, 1.54) is 10.6 Å². The molecule has 0 aliphatic carbocycles. The van der Waals surface area contributed by atoms with Crippen LogP contribution in [0.25, 0.3) is 76.5 Å². The van der Waals surface area contributed by atoms with Crippen LogP contribution in [0.1, 0.15) is 0 Å². The van der Waals surface area contributed by atoms with Gasteiger partial charge in [-0.15, -0.1) is 0 Å². The maximum atomic E-state index is 7.08. The van der Waals surface area contributed by atoms with Crippen molar-refractivity contribution in [3.8, 4) is 11.1 Å². The molecule has 4 nitrogen and oxygen atoms in total. The highest BCUT2D eigenvalue weighted by atomic mass is 28.3. The molecule has 10 aromatic carbocycles. The van der Waals surface area contributed by atoms with Crippen molar-refractivity contribution in [1.82, 2.24) is 0 Å². The molecule has 0 radical (unpaired) electrons. The summed E-state index contributed by atoms with van der Waals surface area (Å²) >= 11 is 0. The fourth-order valence-corrected chi connectivity index (χ4v) is 10.8. The summed E-state index contributed by atoms with van der Waals surface area (Å²) in [5.41, 5.74) is 12.1. The second-order valence-corrected chi connectivity index (χ2v) is 22.8. The fourth-order valence-electron chi connectivity index (χ4n) is 9.66. The third kappa shape index (κ3) is 6.27. The molecule has 0 amide bonds. The largest absolute Gasteiger partial charge is 0.456 e. The number of hydrogen-bond acceptors (Lipinski definition) is 4. The summed E-state index contributed by atoms with van der Waals surface area (Å²) in [5.74, 6) is 0. The Balaban J connectivity index is 1.06. The topological polar surface area (TPSA) is 32.8 Å². The summed E-state index contributed by atoms with van der Waals surface area (Å²) in [6, 6.07) is 76.2. The summed E-state index contributed by atoms with van der Waals surface area (Å²) < 4.78 is 13.6. The van der Waals surface area contributed by atoms with Crippen LogP contribution >= 0.6 is 0 Å². The van der Waals surface area contributed by atoms with E-state index in [1.54, 1.807) is 0 Å². The summed E-state index contributed by atoms with van der Waals surface area (Å²) in [5, 5.41) is 10.4. The van der Waals surface area contributed by atoms with Gasteiger partial charge in [-0.2, -0.15) is 0 Å². The predicted molar refractivity (Wildman–Crippen MR) is 274 cm³/mol. The molecule has 2 heterocycles. The summed E-state index contributed by atoms with van der Waals surface area (Å²) in [7, 11) is -1.47. The van der Waals surface area contributed by atoms with Crippen LogP contribution in [0.15, 0.2) is 221 Å². The van der Waals surface area contributed by atoms with Gasteiger partial charge in [0.15, 0.2) is 0 Å². The molecule has 306 valence electrons. The standard InChI is InChI=1S/C59H44N2O2Si/c1-64(2,3)45-31-26-41(27-32-45)60(40-18-8-5-9-19-40)43-30-35-52-57(37-43)63-59-51-34-29-42(36-53(51)47-21-10-11-23-50(47)58(52)59)61(54-24-14-12-20-46(54)39-16-6-4-7-17-39)44-28-33-49-48-22-13-15-25-55(48)62-56(49)38-44/h4-38H,1-3H3. The van der Waals surface area contributed by atoms with Crippen molar-refractivity contribution in [2.45, 2.75) is 19.6 Å².